The summed E-state index contributed by atoms with van der Waals surface area (Å²) in [5.41, 5.74) is 1.83. The van der Waals surface area contributed by atoms with E-state index in [-0.39, 0.29) is 17.6 Å². The van der Waals surface area contributed by atoms with E-state index in [1.165, 1.54) is 17.7 Å². The lowest BCUT2D eigenvalue weighted by molar-refractivity contribution is -0.119. The van der Waals surface area contributed by atoms with Gasteiger partial charge in [-0.05, 0) is 76.0 Å². The molecule has 2 fully saturated rings. The summed E-state index contributed by atoms with van der Waals surface area (Å²) in [6, 6.07) is 6.41. The molecule has 4 rings (SSSR count). The Hall–Kier alpha value is -2.38. The standard InChI is InChI=1S/C25H34FN5O/c1-3-4-24-27-14-18(15-28-24)16-31-11-9-19(10-12-31)23-13-20(17-30(23)2)25(32)29-22-7-5-21(26)6-8-22/h5-8,14-15,19-20,23H,3-4,9-13,16-17H2,1-2H3,(H,29,32)/t20-,23-/m1/s1. The third-order valence-corrected chi connectivity index (χ3v) is 6.90. The number of benzene rings is 1. The lowest BCUT2D eigenvalue weighted by atomic mass is 9.86. The van der Waals surface area contributed by atoms with Crippen LogP contribution in [0, 0.1) is 17.7 Å². The molecule has 7 heteroatoms. The number of anilines is 1. The van der Waals surface area contributed by atoms with Crippen molar-refractivity contribution >= 4 is 11.6 Å². The van der Waals surface area contributed by atoms with Gasteiger partial charge in [0.1, 0.15) is 11.6 Å². The molecule has 6 nitrogen and oxygen atoms in total. The van der Waals surface area contributed by atoms with E-state index in [4.69, 9.17) is 0 Å². The van der Waals surface area contributed by atoms with Crippen molar-refractivity contribution in [3.8, 4) is 0 Å². The van der Waals surface area contributed by atoms with Crippen LogP contribution in [0.5, 0.6) is 0 Å². The number of hydrogen-bond donors (Lipinski definition) is 1. The SMILES string of the molecule is CCCc1ncc(CN2CCC([C@H]3C[C@@H](C(=O)Nc4ccc(F)cc4)CN3C)CC2)cn1. The van der Waals surface area contributed by atoms with E-state index in [0.29, 0.717) is 17.6 Å². The Bertz CT molecular complexity index is 880. The predicted octanol–water partition coefficient (Wildman–Crippen LogP) is 3.74. The quantitative estimate of drug-likeness (QED) is 0.712. The van der Waals surface area contributed by atoms with Gasteiger partial charge in [-0.25, -0.2) is 14.4 Å². The van der Waals surface area contributed by atoms with Gasteiger partial charge in [0.25, 0.3) is 0 Å². The molecular weight excluding hydrogens is 405 g/mol. The molecule has 2 atom stereocenters. The maximum Gasteiger partial charge on any atom is 0.228 e. The molecule has 1 amide bonds. The Balaban J connectivity index is 1.25. The second-order valence-electron chi connectivity index (χ2n) is 9.31. The maximum atomic E-state index is 13.1. The molecule has 2 aliphatic rings. The van der Waals surface area contributed by atoms with Gasteiger partial charge in [-0.3, -0.25) is 9.69 Å². The van der Waals surface area contributed by atoms with Crippen molar-refractivity contribution in [2.24, 2.45) is 11.8 Å². The van der Waals surface area contributed by atoms with Gasteiger partial charge in [0.2, 0.25) is 5.91 Å². The van der Waals surface area contributed by atoms with E-state index in [1.807, 2.05) is 12.4 Å². The fraction of sp³-hybridized carbons (Fsp3) is 0.560. The summed E-state index contributed by atoms with van der Waals surface area (Å²) in [6.45, 7) is 5.96. The van der Waals surface area contributed by atoms with E-state index in [0.717, 1.165) is 64.1 Å². The summed E-state index contributed by atoms with van der Waals surface area (Å²) in [5, 5.41) is 2.95. The first-order valence-corrected chi connectivity index (χ1v) is 11.8. The lowest BCUT2D eigenvalue weighted by Crippen LogP contribution is -2.41. The number of halogens is 1. The normalized spacial score (nSPS) is 22.8. The van der Waals surface area contributed by atoms with E-state index in [9.17, 15) is 9.18 Å². The molecule has 0 unspecified atom stereocenters. The molecule has 1 aromatic heterocycles. The van der Waals surface area contributed by atoms with Crippen molar-refractivity contribution in [2.45, 2.75) is 51.6 Å². The number of aromatic nitrogens is 2. The lowest BCUT2D eigenvalue weighted by Gasteiger charge is -2.37. The number of hydrogen-bond acceptors (Lipinski definition) is 5. The van der Waals surface area contributed by atoms with Crippen molar-refractivity contribution in [3.05, 3.63) is 53.9 Å². The van der Waals surface area contributed by atoms with Gasteiger partial charge in [0.05, 0.1) is 5.92 Å². The predicted molar refractivity (Wildman–Crippen MR) is 124 cm³/mol. The summed E-state index contributed by atoms with van der Waals surface area (Å²) >= 11 is 0. The topological polar surface area (TPSA) is 61.4 Å². The number of rotatable bonds is 7. The average Bonchev–Trinajstić information content (AvgIpc) is 3.19. The van der Waals surface area contributed by atoms with Crippen LogP contribution in [0.3, 0.4) is 0 Å². The molecule has 2 aromatic rings. The van der Waals surface area contributed by atoms with Crippen LogP contribution in [-0.4, -0.2) is 58.4 Å². The molecule has 0 saturated carbocycles. The molecule has 0 bridgehead atoms. The van der Waals surface area contributed by atoms with Crippen LogP contribution in [-0.2, 0) is 17.8 Å². The van der Waals surface area contributed by atoms with Crippen LogP contribution in [0.25, 0.3) is 0 Å². The molecule has 1 N–H and O–H groups in total. The highest BCUT2D eigenvalue weighted by molar-refractivity contribution is 5.92. The average molecular weight is 440 g/mol. The third kappa shape index (κ3) is 5.70. The minimum Gasteiger partial charge on any atom is -0.326 e. The maximum absolute atomic E-state index is 13.1. The first kappa shape index (κ1) is 22.8. The zero-order chi connectivity index (χ0) is 22.5. The molecule has 0 spiro atoms. The molecule has 2 saturated heterocycles. The van der Waals surface area contributed by atoms with Crippen molar-refractivity contribution in [1.82, 2.24) is 19.8 Å². The van der Waals surface area contributed by atoms with E-state index in [1.54, 1.807) is 12.1 Å². The molecular formula is C25H34FN5O. The minimum atomic E-state index is -0.295. The highest BCUT2D eigenvalue weighted by Crippen LogP contribution is 2.33. The Morgan fingerprint density at radius 1 is 1.16 bits per heavy atom. The van der Waals surface area contributed by atoms with Gasteiger partial charge >= 0.3 is 0 Å². The molecule has 2 aliphatic heterocycles. The molecule has 0 radical (unpaired) electrons. The van der Waals surface area contributed by atoms with Crippen molar-refractivity contribution in [2.75, 3.05) is 32.0 Å². The van der Waals surface area contributed by atoms with Gasteiger partial charge < -0.3 is 10.2 Å². The largest absolute Gasteiger partial charge is 0.326 e. The van der Waals surface area contributed by atoms with Crippen molar-refractivity contribution in [3.63, 3.8) is 0 Å². The molecule has 172 valence electrons. The second kappa shape index (κ2) is 10.5. The zero-order valence-electron chi connectivity index (χ0n) is 19.1. The number of carbonyl (C=O) groups excluding carboxylic acids is 1. The fourth-order valence-electron chi connectivity index (χ4n) is 5.12. The number of piperidine rings is 1. The third-order valence-electron chi connectivity index (χ3n) is 6.90. The first-order valence-electron chi connectivity index (χ1n) is 11.8. The Morgan fingerprint density at radius 2 is 1.84 bits per heavy atom. The number of aryl methyl sites for hydroxylation is 1. The zero-order valence-corrected chi connectivity index (χ0v) is 19.1. The van der Waals surface area contributed by atoms with Crippen LogP contribution in [0.15, 0.2) is 36.7 Å². The van der Waals surface area contributed by atoms with Crippen molar-refractivity contribution < 1.29 is 9.18 Å². The fourth-order valence-corrected chi connectivity index (χ4v) is 5.12. The van der Waals surface area contributed by atoms with Crippen LogP contribution < -0.4 is 5.32 Å². The van der Waals surface area contributed by atoms with E-state index in [2.05, 4.69) is 39.1 Å². The number of nitrogens with one attached hydrogen (secondary N) is 1. The van der Waals surface area contributed by atoms with E-state index >= 15 is 0 Å². The molecule has 1 aromatic carbocycles. The smallest absolute Gasteiger partial charge is 0.228 e. The molecule has 32 heavy (non-hydrogen) atoms. The van der Waals surface area contributed by atoms with Crippen LogP contribution in [0.1, 0.15) is 44.0 Å². The highest BCUT2D eigenvalue weighted by atomic mass is 19.1. The Morgan fingerprint density at radius 3 is 2.50 bits per heavy atom. The Kier molecular flexibility index (Phi) is 7.48. The summed E-state index contributed by atoms with van der Waals surface area (Å²) in [4.78, 5) is 26.5. The Labute approximate surface area is 190 Å². The second-order valence-corrected chi connectivity index (χ2v) is 9.31. The first-order chi connectivity index (χ1) is 15.5. The number of amides is 1. The van der Waals surface area contributed by atoms with Gasteiger partial charge in [0.15, 0.2) is 0 Å². The van der Waals surface area contributed by atoms with Gasteiger partial charge in [-0.1, -0.05) is 6.92 Å². The number of likely N-dealkylation sites (tertiary alicyclic amines) is 2. The van der Waals surface area contributed by atoms with Gasteiger partial charge in [-0.15, -0.1) is 0 Å². The van der Waals surface area contributed by atoms with E-state index < -0.39 is 0 Å². The summed E-state index contributed by atoms with van der Waals surface area (Å²) < 4.78 is 13.1. The molecule has 3 heterocycles. The minimum absolute atomic E-state index is 0.0214. The summed E-state index contributed by atoms with van der Waals surface area (Å²) in [6.07, 6.45) is 9.13. The van der Waals surface area contributed by atoms with Gasteiger partial charge in [0, 0.05) is 49.2 Å². The van der Waals surface area contributed by atoms with Gasteiger partial charge in [-0.2, -0.15) is 0 Å². The van der Waals surface area contributed by atoms with Crippen LogP contribution in [0.4, 0.5) is 10.1 Å². The monoisotopic (exact) mass is 439 g/mol. The van der Waals surface area contributed by atoms with Crippen molar-refractivity contribution in [1.29, 1.82) is 0 Å². The number of nitrogens with zero attached hydrogens (tertiary/aromatic N) is 4. The highest BCUT2D eigenvalue weighted by Gasteiger charge is 2.39. The van der Waals surface area contributed by atoms with Crippen LogP contribution >= 0.6 is 0 Å². The summed E-state index contributed by atoms with van der Waals surface area (Å²) in [5.74, 6) is 1.26. The number of carbonyl (C=O) groups is 1. The molecule has 0 aliphatic carbocycles. The van der Waals surface area contributed by atoms with Crippen LogP contribution in [0.2, 0.25) is 0 Å². The summed E-state index contributed by atoms with van der Waals surface area (Å²) in [7, 11) is 2.14.